The molecule has 0 spiro atoms. The molecule has 0 fully saturated rings. The molecule has 2 N–H and O–H groups in total. The van der Waals surface area contributed by atoms with E-state index in [-0.39, 0.29) is 11.7 Å². The molecule has 0 bridgehead atoms. The maximum absolute atomic E-state index is 10.3. The van der Waals surface area contributed by atoms with Crippen molar-refractivity contribution >= 4 is 12.0 Å². The van der Waals surface area contributed by atoms with Gasteiger partial charge in [-0.2, -0.15) is 0 Å². The summed E-state index contributed by atoms with van der Waals surface area (Å²) in [5.74, 6) is -0.519. The molecule has 1 aromatic carbocycles. The molecular weight excluding hydrogens is 192 g/mol. The van der Waals surface area contributed by atoms with E-state index in [0.29, 0.717) is 0 Å². The number of benzene rings is 1. The van der Waals surface area contributed by atoms with Gasteiger partial charge in [-0.25, -0.2) is 4.79 Å². The van der Waals surface area contributed by atoms with Crippen LogP contribution in [0.15, 0.2) is 24.3 Å². The average molecular weight is 206 g/mol. The molecule has 3 heteroatoms. The van der Waals surface area contributed by atoms with Crippen molar-refractivity contribution in [3.8, 4) is 5.75 Å². The predicted octanol–water partition coefficient (Wildman–Crippen LogP) is 2.61. The van der Waals surface area contributed by atoms with Gasteiger partial charge in [0.25, 0.3) is 0 Å². The molecule has 0 radical (unpaired) electrons. The first kappa shape index (κ1) is 11.3. The zero-order valence-electron chi connectivity index (χ0n) is 8.77. The molecule has 0 saturated heterocycles. The monoisotopic (exact) mass is 206 g/mol. The first-order chi connectivity index (χ1) is 7.00. The smallest absolute Gasteiger partial charge is 0.328 e. The summed E-state index contributed by atoms with van der Waals surface area (Å²) in [7, 11) is 0. The first-order valence-electron chi connectivity index (χ1n) is 4.74. The van der Waals surface area contributed by atoms with Gasteiger partial charge in [-0.1, -0.05) is 19.9 Å². The Hall–Kier alpha value is -1.77. The third-order valence-electron chi connectivity index (χ3n) is 2.09. The quantitative estimate of drug-likeness (QED) is 0.747. The summed E-state index contributed by atoms with van der Waals surface area (Å²) < 4.78 is 0. The van der Waals surface area contributed by atoms with Gasteiger partial charge >= 0.3 is 5.97 Å². The lowest BCUT2D eigenvalue weighted by molar-refractivity contribution is -0.131. The number of carboxylic acid groups (broad SMARTS) is 1. The molecule has 0 aromatic heterocycles. The Bertz CT molecular complexity index is 392. The molecule has 0 aliphatic heterocycles. The van der Waals surface area contributed by atoms with E-state index in [9.17, 15) is 9.90 Å². The third-order valence-corrected chi connectivity index (χ3v) is 2.09. The minimum absolute atomic E-state index is 0.211. The molecule has 0 heterocycles. The minimum Gasteiger partial charge on any atom is -0.508 e. The molecular formula is C12H14O3. The van der Waals surface area contributed by atoms with Crippen LogP contribution in [0.4, 0.5) is 0 Å². The van der Waals surface area contributed by atoms with Crippen LogP contribution in [-0.2, 0) is 4.79 Å². The highest BCUT2D eigenvalue weighted by Gasteiger charge is 2.05. The van der Waals surface area contributed by atoms with Crippen LogP contribution in [0.5, 0.6) is 5.75 Å². The Morgan fingerprint density at radius 2 is 2.07 bits per heavy atom. The second kappa shape index (κ2) is 4.64. The maximum atomic E-state index is 10.3. The summed E-state index contributed by atoms with van der Waals surface area (Å²) in [5, 5.41) is 18.0. The summed E-state index contributed by atoms with van der Waals surface area (Å²) in [6, 6.07) is 5.05. The van der Waals surface area contributed by atoms with Gasteiger partial charge in [0.2, 0.25) is 0 Å². The Balaban J connectivity index is 3.02. The molecule has 0 atom stereocenters. The summed E-state index contributed by atoms with van der Waals surface area (Å²) in [5.41, 5.74) is 1.60. The maximum Gasteiger partial charge on any atom is 0.328 e. The van der Waals surface area contributed by atoms with Gasteiger partial charge in [-0.05, 0) is 35.3 Å². The number of aliphatic carboxylic acids is 1. The number of carbonyl (C=O) groups is 1. The van der Waals surface area contributed by atoms with Gasteiger partial charge in [0.15, 0.2) is 0 Å². The fraction of sp³-hybridized carbons (Fsp3) is 0.250. The molecule has 1 aromatic rings. The molecule has 1 rings (SSSR count). The number of carboxylic acids is 1. The molecule has 80 valence electrons. The molecule has 0 saturated carbocycles. The molecule has 3 nitrogen and oxygen atoms in total. The van der Waals surface area contributed by atoms with Crippen molar-refractivity contribution in [2.75, 3.05) is 0 Å². The number of rotatable bonds is 3. The van der Waals surface area contributed by atoms with Gasteiger partial charge in [-0.3, -0.25) is 0 Å². The van der Waals surface area contributed by atoms with E-state index >= 15 is 0 Å². The van der Waals surface area contributed by atoms with Crippen molar-refractivity contribution in [2.45, 2.75) is 19.8 Å². The van der Waals surface area contributed by atoms with Crippen molar-refractivity contribution in [2.24, 2.45) is 0 Å². The Labute approximate surface area is 88.7 Å². The topological polar surface area (TPSA) is 57.5 Å². The van der Waals surface area contributed by atoms with Crippen LogP contribution in [0.3, 0.4) is 0 Å². The highest BCUT2D eigenvalue weighted by atomic mass is 16.4. The van der Waals surface area contributed by atoms with E-state index in [1.54, 1.807) is 18.2 Å². The third kappa shape index (κ3) is 3.13. The lowest BCUT2D eigenvalue weighted by Crippen LogP contribution is -1.90. The predicted molar refractivity (Wildman–Crippen MR) is 58.9 cm³/mol. The Morgan fingerprint density at radius 1 is 1.40 bits per heavy atom. The molecule has 0 amide bonds. The van der Waals surface area contributed by atoms with Crippen molar-refractivity contribution < 1.29 is 15.0 Å². The van der Waals surface area contributed by atoms with Crippen LogP contribution in [0.1, 0.15) is 30.9 Å². The van der Waals surface area contributed by atoms with Gasteiger partial charge in [-0.15, -0.1) is 0 Å². The van der Waals surface area contributed by atoms with Crippen LogP contribution < -0.4 is 0 Å². The van der Waals surface area contributed by atoms with Crippen LogP contribution in [-0.4, -0.2) is 16.2 Å². The average Bonchev–Trinajstić information content (AvgIpc) is 2.16. The van der Waals surface area contributed by atoms with Crippen molar-refractivity contribution in [1.29, 1.82) is 0 Å². The lowest BCUT2D eigenvalue weighted by atomic mass is 9.99. The van der Waals surface area contributed by atoms with Crippen molar-refractivity contribution in [3.05, 3.63) is 35.4 Å². The number of phenolic OH excluding ortho intramolecular Hbond substituents is 1. The normalized spacial score (nSPS) is 11.1. The van der Waals surface area contributed by atoms with E-state index in [0.717, 1.165) is 17.2 Å². The van der Waals surface area contributed by atoms with E-state index in [2.05, 4.69) is 0 Å². The van der Waals surface area contributed by atoms with Crippen LogP contribution in [0.2, 0.25) is 0 Å². The summed E-state index contributed by atoms with van der Waals surface area (Å²) in [6.45, 7) is 3.94. The summed E-state index contributed by atoms with van der Waals surface area (Å²) >= 11 is 0. The standard InChI is InChI=1S/C12H14O3/c1-8(2)10-7-9(3-5-11(10)13)4-6-12(14)15/h3-8,13H,1-2H3,(H,14,15)/b6-4+. The lowest BCUT2D eigenvalue weighted by Gasteiger charge is -2.08. The second-order valence-electron chi connectivity index (χ2n) is 3.64. The van der Waals surface area contributed by atoms with E-state index in [1.165, 1.54) is 6.08 Å². The van der Waals surface area contributed by atoms with Crippen molar-refractivity contribution in [1.82, 2.24) is 0 Å². The fourth-order valence-corrected chi connectivity index (χ4v) is 1.31. The zero-order valence-corrected chi connectivity index (χ0v) is 8.77. The van der Waals surface area contributed by atoms with Crippen LogP contribution in [0, 0.1) is 0 Å². The second-order valence-corrected chi connectivity index (χ2v) is 3.64. The highest BCUT2D eigenvalue weighted by Crippen LogP contribution is 2.26. The van der Waals surface area contributed by atoms with Gasteiger partial charge in [0.1, 0.15) is 5.75 Å². The Morgan fingerprint density at radius 3 is 2.60 bits per heavy atom. The molecule has 0 unspecified atom stereocenters. The van der Waals surface area contributed by atoms with E-state index in [4.69, 9.17) is 5.11 Å². The van der Waals surface area contributed by atoms with Gasteiger partial charge in [0, 0.05) is 6.08 Å². The zero-order chi connectivity index (χ0) is 11.4. The Kier molecular flexibility index (Phi) is 3.50. The first-order valence-corrected chi connectivity index (χ1v) is 4.74. The van der Waals surface area contributed by atoms with Crippen molar-refractivity contribution in [3.63, 3.8) is 0 Å². The highest BCUT2D eigenvalue weighted by molar-refractivity contribution is 5.85. The fourth-order valence-electron chi connectivity index (χ4n) is 1.31. The van der Waals surface area contributed by atoms with Gasteiger partial charge in [0.05, 0.1) is 0 Å². The van der Waals surface area contributed by atoms with Crippen LogP contribution >= 0.6 is 0 Å². The van der Waals surface area contributed by atoms with Crippen LogP contribution in [0.25, 0.3) is 6.08 Å². The number of hydrogen-bond acceptors (Lipinski definition) is 2. The van der Waals surface area contributed by atoms with E-state index in [1.807, 2.05) is 13.8 Å². The number of hydrogen-bond donors (Lipinski definition) is 2. The number of aromatic hydroxyl groups is 1. The largest absolute Gasteiger partial charge is 0.508 e. The minimum atomic E-state index is -0.978. The molecule has 0 aliphatic rings. The molecule has 15 heavy (non-hydrogen) atoms. The summed E-state index contributed by atoms with van der Waals surface area (Å²) in [6.07, 6.45) is 2.59. The van der Waals surface area contributed by atoms with E-state index < -0.39 is 5.97 Å². The SMILES string of the molecule is CC(C)c1cc(/C=C/C(=O)O)ccc1O. The summed E-state index contributed by atoms with van der Waals surface area (Å²) in [4.78, 5) is 10.3. The molecule has 0 aliphatic carbocycles. The van der Waals surface area contributed by atoms with Gasteiger partial charge < -0.3 is 10.2 Å². The number of phenols is 1.